The Labute approximate surface area is 204 Å². The zero-order valence-corrected chi connectivity index (χ0v) is 20.3. The van der Waals surface area contributed by atoms with Crippen LogP contribution in [-0.2, 0) is 20.8 Å². The van der Waals surface area contributed by atoms with E-state index in [4.69, 9.17) is 26.8 Å². The van der Waals surface area contributed by atoms with Crippen LogP contribution in [0, 0.1) is 0 Å². The fourth-order valence-corrected chi connectivity index (χ4v) is 3.83. The molecule has 0 spiro atoms. The number of nitrogens with zero attached hydrogens (tertiary/aromatic N) is 1. The molecule has 0 unspecified atom stereocenters. The number of rotatable bonds is 8. The molecule has 2 amide bonds. The predicted molar refractivity (Wildman–Crippen MR) is 130 cm³/mol. The summed E-state index contributed by atoms with van der Waals surface area (Å²) in [6, 6.07) is 10.4. The lowest BCUT2D eigenvalue weighted by Crippen LogP contribution is -2.54. The number of benzene rings is 2. The smallest absolute Gasteiger partial charge is 0.341 e. The Morgan fingerprint density at radius 3 is 2.42 bits per heavy atom. The number of amides is 2. The van der Waals surface area contributed by atoms with Crippen molar-refractivity contribution in [2.24, 2.45) is 0 Å². The summed E-state index contributed by atoms with van der Waals surface area (Å²) in [6.07, 6.45) is 2.27. The Bertz CT molecular complexity index is 1150. The highest BCUT2D eigenvalue weighted by Crippen LogP contribution is 2.35. The van der Waals surface area contributed by atoms with E-state index in [2.05, 4.69) is 21.2 Å². The van der Waals surface area contributed by atoms with Crippen molar-refractivity contribution in [2.75, 3.05) is 18.1 Å². The quantitative estimate of drug-likeness (QED) is 0.303. The summed E-state index contributed by atoms with van der Waals surface area (Å²) >= 11 is 8.63. The van der Waals surface area contributed by atoms with Gasteiger partial charge in [0.2, 0.25) is 0 Å². The molecule has 1 aliphatic heterocycles. The van der Waals surface area contributed by atoms with Crippen LogP contribution in [0.2, 0.25) is 0 Å². The van der Waals surface area contributed by atoms with Crippen molar-refractivity contribution in [3.8, 4) is 11.5 Å². The lowest BCUT2D eigenvalue weighted by molar-refractivity contribution is -0.139. The topological polar surface area (TPSA) is 105 Å². The fraction of sp³-hybridized carbons (Fsp3) is 0.217. The lowest BCUT2D eigenvalue weighted by Gasteiger charge is -2.29. The molecule has 2 N–H and O–H groups in total. The lowest BCUT2D eigenvalue weighted by atomic mass is 10.1. The third kappa shape index (κ3) is 5.58. The summed E-state index contributed by atoms with van der Waals surface area (Å²) in [5.74, 6) is -1.83. The first-order valence-electron chi connectivity index (χ1n) is 10.1. The predicted octanol–water partition coefficient (Wildman–Crippen LogP) is 3.70. The minimum Gasteiger partial charge on any atom is -0.490 e. The van der Waals surface area contributed by atoms with Gasteiger partial charge in [-0.2, -0.15) is 0 Å². The summed E-state index contributed by atoms with van der Waals surface area (Å²) < 4.78 is 11.3. The van der Waals surface area contributed by atoms with Gasteiger partial charge >= 0.3 is 5.97 Å². The van der Waals surface area contributed by atoms with Gasteiger partial charge < -0.3 is 14.6 Å². The number of thiocarbonyl (C=S) groups is 1. The van der Waals surface area contributed by atoms with Crippen molar-refractivity contribution < 1.29 is 29.0 Å². The molecular formula is C23H21BrN2O6S. The zero-order chi connectivity index (χ0) is 24.1. The van der Waals surface area contributed by atoms with E-state index in [0.717, 1.165) is 12.0 Å². The first-order valence-corrected chi connectivity index (χ1v) is 11.3. The molecule has 10 heteroatoms. The van der Waals surface area contributed by atoms with E-state index in [1.54, 1.807) is 25.1 Å². The Morgan fingerprint density at radius 2 is 1.82 bits per heavy atom. The van der Waals surface area contributed by atoms with Crippen LogP contribution >= 0.6 is 28.1 Å². The number of anilines is 1. The van der Waals surface area contributed by atoms with Crippen molar-refractivity contribution in [1.82, 2.24) is 5.32 Å². The monoisotopic (exact) mass is 532 g/mol. The van der Waals surface area contributed by atoms with Crippen molar-refractivity contribution in [3.63, 3.8) is 0 Å². The molecule has 8 nitrogen and oxygen atoms in total. The molecule has 0 bridgehead atoms. The van der Waals surface area contributed by atoms with Crippen LogP contribution in [0.3, 0.4) is 0 Å². The highest BCUT2D eigenvalue weighted by molar-refractivity contribution is 9.10. The molecule has 0 aromatic heterocycles. The molecule has 0 atom stereocenters. The van der Waals surface area contributed by atoms with Crippen LogP contribution in [0.25, 0.3) is 6.08 Å². The summed E-state index contributed by atoms with van der Waals surface area (Å²) in [4.78, 5) is 38.0. The largest absolute Gasteiger partial charge is 0.490 e. The number of carboxylic acid groups (broad SMARTS) is 1. The highest BCUT2D eigenvalue weighted by Gasteiger charge is 2.34. The van der Waals surface area contributed by atoms with Crippen molar-refractivity contribution in [1.29, 1.82) is 0 Å². The Balaban J connectivity index is 2.00. The van der Waals surface area contributed by atoms with Gasteiger partial charge in [0.05, 0.1) is 12.3 Å². The van der Waals surface area contributed by atoms with Crippen molar-refractivity contribution in [2.45, 2.75) is 20.3 Å². The number of ether oxygens (including phenoxy) is 2. The van der Waals surface area contributed by atoms with E-state index in [1.807, 2.05) is 19.1 Å². The van der Waals surface area contributed by atoms with Gasteiger partial charge in [-0.25, -0.2) is 4.79 Å². The minimum atomic E-state index is -1.13. The van der Waals surface area contributed by atoms with E-state index in [9.17, 15) is 14.4 Å². The van der Waals surface area contributed by atoms with Crippen molar-refractivity contribution >= 4 is 62.8 Å². The minimum absolute atomic E-state index is 0.00196. The standard InChI is InChI=1S/C23H21BrN2O6S/c1-3-13-5-7-15(8-6-13)26-22(30)16(21(29)25-23(26)33)9-14-10-18(31-4-2)19(11-17(14)24)32-12-20(27)28/h5-11H,3-4,12H2,1-2H3,(H,27,28)(H,25,29,33)/b16-9+. The van der Waals surface area contributed by atoms with Crippen LogP contribution in [0.1, 0.15) is 25.0 Å². The van der Waals surface area contributed by atoms with Crippen LogP contribution in [0.15, 0.2) is 46.4 Å². The maximum absolute atomic E-state index is 13.2. The molecule has 1 aliphatic rings. The highest BCUT2D eigenvalue weighted by atomic mass is 79.9. The van der Waals surface area contributed by atoms with Crippen LogP contribution < -0.4 is 19.7 Å². The molecule has 33 heavy (non-hydrogen) atoms. The number of hydrogen-bond donors (Lipinski definition) is 2. The summed E-state index contributed by atoms with van der Waals surface area (Å²) in [5.41, 5.74) is 1.99. The van der Waals surface area contributed by atoms with Gasteiger partial charge in [-0.1, -0.05) is 35.0 Å². The van der Waals surface area contributed by atoms with Gasteiger partial charge in [0.1, 0.15) is 5.57 Å². The number of hydrogen-bond acceptors (Lipinski definition) is 6. The number of nitrogens with one attached hydrogen (secondary N) is 1. The van der Waals surface area contributed by atoms with Gasteiger partial charge in [-0.3, -0.25) is 19.8 Å². The van der Waals surface area contributed by atoms with Crippen LogP contribution in [0.4, 0.5) is 5.69 Å². The SMILES string of the molecule is CCOc1cc(/C=C2\C(=O)NC(=S)N(c3ccc(CC)cc3)C2=O)c(Br)cc1OCC(=O)O. The first-order chi connectivity index (χ1) is 15.7. The second-order valence-electron chi connectivity index (χ2n) is 6.91. The van der Waals surface area contributed by atoms with E-state index in [0.29, 0.717) is 22.3 Å². The number of halogens is 1. The van der Waals surface area contributed by atoms with Crippen LogP contribution in [0.5, 0.6) is 11.5 Å². The molecule has 1 heterocycles. The maximum atomic E-state index is 13.2. The Morgan fingerprint density at radius 1 is 1.15 bits per heavy atom. The maximum Gasteiger partial charge on any atom is 0.341 e. The van der Waals surface area contributed by atoms with Crippen LogP contribution in [-0.4, -0.2) is 41.2 Å². The van der Waals surface area contributed by atoms with Gasteiger partial charge in [0.15, 0.2) is 23.2 Å². The third-order valence-electron chi connectivity index (χ3n) is 4.72. The molecule has 0 saturated carbocycles. The average molecular weight is 533 g/mol. The second-order valence-corrected chi connectivity index (χ2v) is 8.15. The summed E-state index contributed by atoms with van der Waals surface area (Å²) in [6.45, 7) is 3.55. The normalized spacial score (nSPS) is 14.9. The van der Waals surface area contributed by atoms with E-state index in [1.165, 1.54) is 17.0 Å². The van der Waals surface area contributed by atoms with E-state index in [-0.39, 0.29) is 22.2 Å². The summed E-state index contributed by atoms with van der Waals surface area (Å²) in [5, 5.41) is 11.4. The summed E-state index contributed by atoms with van der Waals surface area (Å²) in [7, 11) is 0. The number of aryl methyl sites for hydroxylation is 1. The average Bonchev–Trinajstić information content (AvgIpc) is 2.77. The molecule has 0 radical (unpaired) electrons. The second kappa shape index (κ2) is 10.6. The van der Waals surface area contributed by atoms with Gasteiger partial charge in [0.25, 0.3) is 11.8 Å². The number of aliphatic carboxylic acids is 1. The molecular weight excluding hydrogens is 512 g/mol. The zero-order valence-electron chi connectivity index (χ0n) is 17.9. The molecule has 3 rings (SSSR count). The molecule has 2 aromatic rings. The Kier molecular flexibility index (Phi) is 7.83. The number of carbonyl (C=O) groups excluding carboxylic acids is 2. The first kappa shape index (κ1) is 24.4. The fourth-order valence-electron chi connectivity index (χ4n) is 3.11. The van der Waals surface area contributed by atoms with E-state index < -0.39 is 24.4 Å². The molecule has 0 aliphatic carbocycles. The van der Waals surface area contributed by atoms with E-state index >= 15 is 0 Å². The molecule has 2 aromatic carbocycles. The Hall–Kier alpha value is -3.24. The molecule has 172 valence electrons. The molecule has 1 saturated heterocycles. The number of carbonyl (C=O) groups is 3. The van der Waals surface area contributed by atoms with Gasteiger partial charge in [-0.05, 0) is 67.0 Å². The molecule has 1 fully saturated rings. The number of carboxylic acids is 1. The van der Waals surface area contributed by atoms with Gasteiger partial charge in [0, 0.05) is 4.47 Å². The van der Waals surface area contributed by atoms with Gasteiger partial charge in [-0.15, -0.1) is 0 Å². The third-order valence-corrected chi connectivity index (χ3v) is 5.69. The van der Waals surface area contributed by atoms with Crippen molar-refractivity contribution in [3.05, 3.63) is 57.6 Å².